The number of carbonyl (C=O) groups excluding carboxylic acids is 1. The Balaban J connectivity index is 1.62. The van der Waals surface area contributed by atoms with Crippen molar-refractivity contribution in [1.82, 2.24) is 0 Å². The van der Waals surface area contributed by atoms with Crippen LogP contribution < -0.4 is 0 Å². The van der Waals surface area contributed by atoms with Crippen LogP contribution in [0.4, 0.5) is 0 Å². The molecule has 5 rings (SSSR count). The zero-order chi connectivity index (χ0) is 27.2. The number of carbonyl (C=O) groups is 1. The fourth-order valence-corrected chi connectivity index (χ4v) is 4.88. The molecule has 202 valence electrons. The van der Waals surface area contributed by atoms with E-state index in [4.69, 9.17) is 27.8 Å². The maximum absolute atomic E-state index is 12.2. The lowest BCUT2D eigenvalue weighted by molar-refractivity contribution is -0.154. The lowest BCUT2D eigenvalue weighted by Gasteiger charge is -2.21. The van der Waals surface area contributed by atoms with Crippen molar-refractivity contribution in [2.75, 3.05) is 20.8 Å². The highest BCUT2D eigenvalue weighted by Gasteiger charge is 2.21. The van der Waals surface area contributed by atoms with Crippen LogP contribution in [0, 0.1) is 0 Å². The highest BCUT2D eigenvalue weighted by atomic mass is 16.7. The first-order chi connectivity index (χ1) is 19.1. The van der Waals surface area contributed by atoms with E-state index in [-0.39, 0.29) is 19.0 Å². The van der Waals surface area contributed by atoms with Gasteiger partial charge in [0, 0.05) is 31.4 Å². The molecule has 0 fully saturated rings. The van der Waals surface area contributed by atoms with Crippen molar-refractivity contribution in [2.45, 2.75) is 38.8 Å². The van der Waals surface area contributed by atoms with Crippen molar-refractivity contribution >= 4 is 49.5 Å². The highest BCUT2D eigenvalue weighted by molar-refractivity contribution is 6.24. The largest absolute Gasteiger partial charge is 0.466 e. The molecule has 0 aliphatic heterocycles. The fourth-order valence-electron chi connectivity index (χ4n) is 4.88. The standard InChI is InChI=1S/C32H32O7/c1-4-36-29(33)17-23(18-30(34-2)35-3)37-19-24-20-38-27-15-13-21-9-5-7-11-25(21)31(27)32-26-12-8-6-10-22(26)14-16-28(32)39-24/h5-16,20,23,30H,4,17-19H2,1-3H3/t23-/m0/s1. The summed E-state index contributed by atoms with van der Waals surface area (Å²) in [6.07, 6.45) is 0.922. The van der Waals surface area contributed by atoms with Crippen LogP contribution in [0.15, 0.2) is 87.9 Å². The number of benzene rings is 4. The van der Waals surface area contributed by atoms with E-state index < -0.39 is 12.4 Å². The topological polar surface area (TPSA) is 80.3 Å². The van der Waals surface area contributed by atoms with Gasteiger partial charge in [0.2, 0.25) is 0 Å². The normalized spacial score (nSPS) is 12.4. The number of methoxy groups -OCH3 is 2. The minimum absolute atomic E-state index is 0.0568. The lowest BCUT2D eigenvalue weighted by Crippen LogP contribution is -2.27. The summed E-state index contributed by atoms with van der Waals surface area (Å²) in [6.45, 7) is 2.14. The Kier molecular flexibility index (Phi) is 8.42. The molecule has 7 nitrogen and oxygen atoms in total. The molecular weight excluding hydrogens is 496 g/mol. The average Bonchev–Trinajstić information content (AvgIpc) is 2.95. The summed E-state index contributed by atoms with van der Waals surface area (Å²) in [6, 6.07) is 24.5. The van der Waals surface area contributed by atoms with Crippen LogP contribution in [0.5, 0.6) is 0 Å². The molecule has 0 spiro atoms. The summed E-state index contributed by atoms with van der Waals surface area (Å²) in [5.74, 6) is 0.112. The van der Waals surface area contributed by atoms with Crippen molar-refractivity contribution in [3.8, 4) is 0 Å². The zero-order valence-electron chi connectivity index (χ0n) is 22.3. The van der Waals surface area contributed by atoms with Gasteiger partial charge in [0.1, 0.15) is 24.0 Å². The van der Waals surface area contributed by atoms with Crippen LogP contribution in [0.25, 0.3) is 43.5 Å². The monoisotopic (exact) mass is 528 g/mol. The van der Waals surface area contributed by atoms with Crippen LogP contribution in [0.2, 0.25) is 0 Å². The van der Waals surface area contributed by atoms with E-state index in [0.717, 1.165) is 32.3 Å². The van der Waals surface area contributed by atoms with Crippen molar-refractivity contribution in [3.05, 3.63) is 84.8 Å². The first-order valence-electron chi connectivity index (χ1n) is 13.0. The quantitative estimate of drug-likeness (QED) is 0.137. The van der Waals surface area contributed by atoms with Crippen molar-refractivity contribution in [3.63, 3.8) is 0 Å². The maximum atomic E-state index is 12.2. The second kappa shape index (κ2) is 12.3. The molecule has 0 aliphatic carbocycles. The summed E-state index contributed by atoms with van der Waals surface area (Å²) in [5, 5.41) is 6.26. The van der Waals surface area contributed by atoms with E-state index in [1.165, 1.54) is 0 Å². The van der Waals surface area contributed by atoms with Gasteiger partial charge < -0.3 is 27.8 Å². The van der Waals surface area contributed by atoms with Crippen molar-refractivity contribution in [1.29, 1.82) is 0 Å². The zero-order valence-corrected chi connectivity index (χ0v) is 22.3. The van der Waals surface area contributed by atoms with Gasteiger partial charge in [-0.15, -0.1) is 0 Å². The van der Waals surface area contributed by atoms with E-state index >= 15 is 0 Å². The van der Waals surface area contributed by atoms with Gasteiger partial charge in [0.15, 0.2) is 12.1 Å². The number of ether oxygens (including phenoxy) is 4. The van der Waals surface area contributed by atoms with Crippen molar-refractivity contribution in [2.24, 2.45) is 0 Å². The van der Waals surface area contributed by atoms with Gasteiger partial charge in [0.05, 0.1) is 19.1 Å². The third-order valence-electron chi connectivity index (χ3n) is 6.73. The average molecular weight is 529 g/mol. The molecular formula is C32H32O7. The van der Waals surface area contributed by atoms with Gasteiger partial charge in [-0.25, -0.2) is 0 Å². The second-order valence-corrected chi connectivity index (χ2v) is 9.20. The van der Waals surface area contributed by atoms with Gasteiger partial charge in [-0.2, -0.15) is 0 Å². The molecule has 5 aromatic rings. The molecule has 0 saturated carbocycles. The summed E-state index contributed by atoms with van der Waals surface area (Å²) in [7, 11) is 3.10. The Morgan fingerprint density at radius 2 is 1.44 bits per heavy atom. The molecule has 0 aliphatic rings. The molecule has 39 heavy (non-hydrogen) atoms. The Bertz CT molecular complexity index is 1640. The molecule has 0 amide bonds. The van der Waals surface area contributed by atoms with Gasteiger partial charge in [-0.1, -0.05) is 60.7 Å². The van der Waals surface area contributed by atoms with Gasteiger partial charge in [0.25, 0.3) is 0 Å². The first-order valence-corrected chi connectivity index (χ1v) is 13.0. The van der Waals surface area contributed by atoms with E-state index in [0.29, 0.717) is 30.0 Å². The van der Waals surface area contributed by atoms with Crippen LogP contribution in [0.3, 0.4) is 0 Å². The van der Waals surface area contributed by atoms with E-state index in [1.54, 1.807) is 27.4 Å². The van der Waals surface area contributed by atoms with Crippen LogP contribution >= 0.6 is 0 Å². The summed E-state index contributed by atoms with van der Waals surface area (Å²) in [4.78, 5) is 12.2. The molecule has 1 heterocycles. The van der Waals surface area contributed by atoms with Crippen LogP contribution in [0.1, 0.15) is 25.5 Å². The molecule has 0 N–H and O–H groups in total. The third-order valence-corrected chi connectivity index (χ3v) is 6.73. The molecule has 1 atom stereocenters. The number of rotatable bonds is 10. The smallest absolute Gasteiger partial charge is 0.308 e. The number of fused-ring (bicyclic) bond motifs is 7. The Hall–Kier alpha value is -3.91. The number of esters is 1. The fraction of sp³-hybridized carbons (Fsp3) is 0.281. The lowest BCUT2D eigenvalue weighted by atomic mass is 9.98. The predicted molar refractivity (Wildman–Crippen MR) is 151 cm³/mol. The van der Waals surface area contributed by atoms with E-state index in [2.05, 4.69) is 30.3 Å². The summed E-state index contributed by atoms with van der Waals surface area (Å²) >= 11 is 0. The Morgan fingerprint density at radius 1 is 0.821 bits per heavy atom. The molecule has 0 bridgehead atoms. The SMILES string of the molecule is CCOC(=O)C[C@@H](CC(OC)OC)OCc1coc2ccc3ccccc3c2c2c(ccc3ccccc32)o1. The molecule has 4 aromatic carbocycles. The molecule has 0 radical (unpaired) electrons. The second-order valence-electron chi connectivity index (χ2n) is 9.20. The molecule has 1 aromatic heterocycles. The summed E-state index contributed by atoms with van der Waals surface area (Å²) < 4.78 is 34.6. The number of hydrogen-bond acceptors (Lipinski definition) is 7. The maximum Gasteiger partial charge on any atom is 0.308 e. The number of hydrogen-bond donors (Lipinski definition) is 0. The van der Waals surface area contributed by atoms with Crippen molar-refractivity contribution < 1.29 is 32.6 Å². The molecule has 0 saturated heterocycles. The third kappa shape index (κ3) is 5.91. The van der Waals surface area contributed by atoms with Crippen LogP contribution in [-0.4, -0.2) is 39.2 Å². The van der Waals surface area contributed by atoms with Gasteiger partial charge >= 0.3 is 5.97 Å². The van der Waals surface area contributed by atoms with Crippen LogP contribution in [-0.2, 0) is 30.3 Å². The Labute approximate surface area is 226 Å². The van der Waals surface area contributed by atoms with E-state index in [9.17, 15) is 4.79 Å². The first kappa shape index (κ1) is 26.7. The molecule has 0 unspecified atom stereocenters. The predicted octanol–water partition coefficient (Wildman–Crippen LogP) is 7.46. The van der Waals surface area contributed by atoms with E-state index in [1.807, 2.05) is 42.5 Å². The Morgan fingerprint density at radius 3 is 2.08 bits per heavy atom. The van der Waals surface area contributed by atoms with Gasteiger partial charge in [-0.3, -0.25) is 4.79 Å². The summed E-state index contributed by atoms with van der Waals surface area (Å²) in [5.41, 5.74) is 1.41. The molecule has 7 heteroatoms. The minimum Gasteiger partial charge on any atom is -0.466 e. The van der Waals surface area contributed by atoms with Gasteiger partial charge in [-0.05, 0) is 40.6 Å². The highest BCUT2D eigenvalue weighted by Crippen LogP contribution is 2.35. The minimum atomic E-state index is -0.528.